The number of pyridine rings is 1. The maximum atomic E-state index is 11.8. The molecule has 25 heavy (non-hydrogen) atoms. The summed E-state index contributed by atoms with van der Waals surface area (Å²) < 4.78 is 5.14. The van der Waals surface area contributed by atoms with E-state index in [4.69, 9.17) is 4.74 Å². The van der Waals surface area contributed by atoms with Gasteiger partial charge >= 0.3 is 11.9 Å². The van der Waals surface area contributed by atoms with Gasteiger partial charge in [-0.1, -0.05) is 19.9 Å². The van der Waals surface area contributed by atoms with E-state index in [1.807, 2.05) is 0 Å². The molecule has 0 fully saturated rings. The van der Waals surface area contributed by atoms with Crippen LogP contribution in [0, 0.1) is 5.92 Å². The maximum absolute atomic E-state index is 11.8. The molecule has 8 heteroatoms. The van der Waals surface area contributed by atoms with Gasteiger partial charge in [-0.25, -0.2) is 19.6 Å². The Morgan fingerprint density at radius 1 is 1.12 bits per heavy atom. The molecule has 0 aromatic carbocycles. The molecular formula is C17H17N3O5. The lowest BCUT2D eigenvalue weighted by Gasteiger charge is -2.14. The molecular weight excluding hydrogens is 326 g/mol. The summed E-state index contributed by atoms with van der Waals surface area (Å²) in [5, 5.41) is 19.1. The molecule has 2 aromatic heterocycles. The minimum Gasteiger partial charge on any atom is -0.493 e. The van der Waals surface area contributed by atoms with E-state index in [9.17, 15) is 19.8 Å². The van der Waals surface area contributed by atoms with E-state index in [0.29, 0.717) is 5.69 Å². The highest BCUT2D eigenvalue weighted by molar-refractivity contribution is 6.22. The molecule has 0 bridgehead atoms. The van der Waals surface area contributed by atoms with Crippen molar-refractivity contribution in [2.45, 2.75) is 13.8 Å². The molecule has 0 saturated carbocycles. The lowest BCUT2D eigenvalue weighted by molar-refractivity contribution is -0.134. The Labute approximate surface area is 143 Å². The minimum absolute atomic E-state index is 0.0662. The number of ether oxygens (including phenoxy) is 1. The van der Waals surface area contributed by atoms with Crippen molar-refractivity contribution in [1.29, 1.82) is 0 Å². The second-order valence-electron chi connectivity index (χ2n) is 5.38. The Hall–Kier alpha value is -3.29. The Morgan fingerprint density at radius 2 is 1.84 bits per heavy atom. The molecule has 8 nitrogen and oxygen atoms in total. The number of methoxy groups -OCH3 is 1. The summed E-state index contributed by atoms with van der Waals surface area (Å²) in [6.45, 7) is 3.19. The molecule has 0 amide bonds. The lowest BCUT2D eigenvalue weighted by Crippen LogP contribution is -2.16. The topological polar surface area (TPSA) is 123 Å². The van der Waals surface area contributed by atoms with Gasteiger partial charge in [-0.2, -0.15) is 0 Å². The zero-order chi connectivity index (χ0) is 18.6. The van der Waals surface area contributed by atoms with Gasteiger partial charge in [0, 0.05) is 6.20 Å². The lowest BCUT2D eigenvalue weighted by atomic mass is 9.94. The molecule has 0 spiro atoms. The summed E-state index contributed by atoms with van der Waals surface area (Å²) in [6.07, 6.45) is 2.85. The van der Waals surface area contributed by atoms with Crippen LogP contribution in [0.15, 0.2) is 36.2 Å². The van der Waals surface area contributed by atoms with Crippen molar-refractivity contribution in [3.05, 3.63) is 41.9 Å². The van der Waals surface area contributed by atoms with Crippen LogP contribution in [0.4, 0.5) is 0 Å². The van der Waals surface area contributed by atoms with Crippen LogP contribution in [0.25, 0.3) is 17.1 Å². The van der Waals surface area contributed by atoms with Gasteiger partial charge in [0.2, 0.25) is 0 Å². The fourth-order valence-corrected chi connectivity index (χ4v) is 2.30. The first-order valence-corrected chi connectivity index (χ1v) is 7.40. The molecule has 0 aliphatic rings. The summed E-state index contributed by atoms with van der Waals surface area (Å²) in [7, 11) is 1.33. The van der Waals surface area contributed by atoms with E-state index >= 15 is 0 Å². The molecule has 2 rings (SSSR count). The predicted molar refractivity (Wildman–Crippen MR) is 88.8 cm³/mol. The maximum Gasteiger partial charge on any atom is 0.338 e. The first-order chi connectivity index (χ1) is 11.9. The predicted octanol–water partition coefficient (Wildman–Crippen LogP) is 2.13. The van der Waals surface area contributed by atoms with Crippen LogP contribution >= 0.6 is 0 Å². The zero-order valence-electron chi connectivity index (χ0n) is 13.9. The fourth-order valence-electron chi connectivity index (χ4n) is 2.30. The highest BCUT2D eigenvalue weighted by Gasteiger charge is 2.28. The molecule has 0 atom stereocenters. The van der Waals surface area contributed by atoms with Crippen molar-refractivity contribution in [3.63, 3.8) is 0 Å². The van der Waals surface area contributed by atoms with Gasteiger partial charge in [-0.15, -0.1) is 0 Å². The van der Waals surface area contributed by atoms with Gasteiger partial charge < -0.3 is 14.9 Å². The molecule has 0 radical (unpaired) electrons. The molecule has 0 aliphatic heterocycles. The summed E-state index contributed by atoms with van der Waals surface area (Å²) >= 11 is 0. The van der Waals surface area contributed by atoms with E-state index in [-0.39, 0.29) is 22.8 Å². The number of hydrogen-bond acceptors (Lipinski definition) is 6. The Kier molecular flexibility index (Phi) is 5.43. The third-order valence-corrected chi connectivity index (χ3v) is 3.40. The molecule has 0 unspecified atom stereocenters. The van der Waals surface area contributed by atoms with E-state index in [1.165, 1.54) is 13.3 Å². The van der Waals surface area contributed by atoms with Crippen molar-refractivity contribution in [2.24, 2.45) is 5.92 Å². The number of carboxylic acids is 2. The Balaban J connectivity index is 2.79. The van der Waals surface area contributed by atoms with Crippen LogP contribution < -0.4 is 4.74 Å². The van der Waals surface area contributed by atoms with Gasteiger partial charge in [0.15, 0.2) is 11.6 Å². The van der Waals surface area contributed by atoms with Crippen LogP contribution in [-0.4, -0.2) is 44.2 Å². The first kappa shape index (κ1) is 18.1. The minimum atomic E-state index is -1.41. The Morgan fingerprint density at radius 3 is 2.32 bits per heavy atom. The van der Waals surface area contributed by atoms with E-state index in [1.54, 1.807) is 38.2 Å². The monoisotopic (exact) mass is 343 g/mol. The summed E-state index contributed by atoms with van der Waals surface area (Å²) in [6, 6.07) is 5.12. The third kappa shape index (κ3) is 3.79. The second-order valence-corrected chi connectivity index (χ2v) is 5.38. The third-order valence-electron chi connectivity index (χ3n) is 3.40. The van der Waals surface area contributed by atoms with Crippen LogP contribution in [0.2, 0.25) is 0 Å². The van der Waals surface area contributed by atoms with Crippen molar-refractivity contribution in [1.82, 2.24) is 15.0 Å². The van der Waals surface area contributed by atoms with Crippen molar-refractivity contribution >= 4 is 17.5 Å². The average Bonchev–Trinajstić information content (AvgIpc) is 2.58. The Bertz CT molecular complexity index is 831. The first-order valence-electron chi connectivity index (χ1n) is 7.40. The van der Waals surface area contributed by atoms with E-state index in [0.717, 1.165) is 0 Å². The van der Waals surface area contributed by atoms with E-state index < -0.39 is 23.4 Å². The van der Waals surface area contributed by atoms with Crippen molar-refractivity contribution < 1.29 is 24.5 Å². The van der Waals surface area contributed by atoms with Crippen LogP contribution in [0.5, 0.6) is 5.75 Å². The molecule has 2 aromatic rings. The second kappa shape index (κ2) is 7.52. The smallest absolute Gasteiger partial charge is 0.338 e. The molecule has 0 aliphatic carbocycles. The standard InChI is InChI=1S/C17H17N3O5/c1-9(2)12(16(21)22)13(17(23)24)14-11(25-3)8-19-15(20-14)10-6-4-5-7-18-10/h4-9H,1-3H3,(H,21,22)(H,23,24)/b13-12+. The van der Waals surface area contributed by atoms with Crippen LogP contribution in [-0.2, 0) is 9.59 Å². The largest absolute Gasteiger partial charge is 0.493 e. The zero-order valence-corrected chi connectivity index (χ0v) is 13.9. The number of nitrogens with zero attached hydrogens (tertiary/aromatic N) is 3. The summed E-state index contributed by atoms with van der Waals surface area (Å²) in [5.41, 5.74) is -0.371. The van der Waals surface area contributed by atoms with Crippen LogP contribution in [0.1, 0.15) is 19.5 Å². The van der Waals surface area contributed by atoms with Gasteiger partial charge in [-0.3, -0.25) is 4.98 Å². The molecule has 130 valence electrons. The summed E-state index contributed by atoms with van der Waals surface area (Å²) in [5.74, 6) is -3.04. The highest BCUT2D eigenvalue weighted by atomic mass is 16.5. The molecule has 2 N–H and O–H groups in total. The van der Waals surface area contributed by atoms with Gasteiger partial charge in [0.1, 0.15) is 11.4 Å². The van der Waals surface area contributed by atoms with Crippen molar-refractivity contribution in [3.8, 4) is 17.3 Å². The van der Waals surface area contributed by atoms with Gasteiger partial charge in [0.25, 0.3) is 0 Å². The van der Waals surface area contributed by atoms with Gasteiger partial charge in [-0.05, 0) is 18.1 Å². The van der Waals surface area contributed by atoms with Crippen LogP contribution in [0.3, 0.4) is 0 Å². The quantitative estimate of drug-likeness (QED) is 0.765. The molecule has 0 saturated heterocycles. The average molecular weight is 343 g/mol. The summed E-state index contributed by atoms with van der Waals surface area (Å²) in [4.78, 5) is 35.9. The number of aromatic nitrogens is 3. The van der Waals surface area contributed by atoms with E-state index in [2.05, 4.69) is 15.0 Å². The number of carboxylic acid groups (broad SMARTS) is 2. The normalized spacial score (nSPS) is 11.8. The van der Waals surface area contributed by atoms with Gasteiger partial charge in [0.05, 0.1) is 24.5 Å². The molecule has 2 heterocycles. The fraction of sp³-hybridized carbons (Fsp3) is 0.235. The number of rotatable bonds is 6. The number of hydrogen-bond donors (Lipinski definition) is 2. The van der Waals surface area contributed by atoms with Crippen molar-refractivity contribution in [2.75, 3.05) is 7.11 Å². The number of carbonyl (C=O) groups is 2. The highest BCUT2D eigenvalue weighted by Crippen LogP contribution is 2.31. The SMILES string of the molecule is COc1cnc(-c2ccccn2)nc1/C(C(=O)O)=C(\C(=O)O)C(C)C. The number of aliphatic carboxylic acids is 2.